The van der Waals surface area contributed by atoms with Crippen molar-refractivity contribution in [2.45, 2.75) is 44.7 Å². The smallest absolute Gasteiger partial charge is 0.0431 e. The van der Waals surface area contributed by atoms with Crippen molar-refractivity contribution in [2.75, 3.05) is 13.2 Å². The monoisotopic (exact) mass is 233 g/mol. The Balaban J connectivity index is 1.92. The van der Waals surface area contributed by atoms with Gasteiger partial charge in [0.1, 0.15) is 0 Å². The van der Waals surface area contributed by atoms with Crippen molar-refractivity contribution in [3.8, 4) is 0 Å². The van der Waals surface area contributed by atoms with Crippen molar-refractivity contribution in [3.05, 3.63) is 35.9 Å². The van der Waals surface area contributed by atoms with Crippen molar-refractivity contribution in [3.63, 3.8) is 0 Å². The Morgan fingerprint density at radius 3 is 2.76 bits per heavy atom. The molecule has 94 valence electrons. The molecule has 0 bridgehead atoms. The lowest BCUT2D eigenvalue weighted by Gasteiger charge is -2.35. The molecule has 17 heavy (non-hydrogen) atoms. The third kappa shape index (κ3) is 3.83. The Kier molecular flexibility index (Phi) is 5.02. The second-order valence-electron chi connectivity index (χ2n) is 4.97. The van der Waals surface area contributed by atoms with Crippen LogP contribution in [0.2, 0.25) is 0 Å². The largest absolute Gasteiger partial charge is 0.396 e. The summed E-state index contributed by atoms with van der Waals surface area (Å²) in [6.07, 6.45) is 6.05. The predicted octanol–water partition coefficient (Wildman–Crippen LogP) is 2.81. The quantitative estimate of drug-likeness (QED) is 0.845. The molecule has 1 aliphatic heterocycles. The Morgan fingerprint density at radius 1 is 1.18 bits per heavy atom. The number of hydrogen-bond acceptors (Lipinski definition) is 2. The molecule has 1 fully saturated rings. The summed E-state index contributed by atoms with van der Waals surface area (Å²) in [5.41, 5.74) is 1.41. The molecule has 1 aromatic rings. The number of piperidine rings is 1. The molecule has 0 amide bonds. The lowest BCUT2D eigenvalue weighted by Crippen LogP contribution is -2.39. The predicted molar refractivity (Wildman–Crippen MR) is 70.8 cm³/mol. The fourth-order valence-corrected chi connectivity index (χ4v) is 2.74. The van der Waals surface area contributed by atoms with E-state index in [-0.39, 0.29) is 0 Å². The van der Waals surface area contributed by atoms with E-state index in [1.54, 1.807) is 0 Å². The minimum Gasteiger partial charge on any atom is -0.396 e. The number of hydrogen-bond donors (Lipinski definition) is 1. The van der Waals surface area contributed by atoms with Crippen LogP contribution in [0.25, 0.3) is 0 Å². The van der Waals surface area contributed by atoms with E-state index in [9.17, 15) is 0 Å². The Bertz CT molecular complexity index is 312. The lowest BCUT2D eigenvalue weighted by molar-refractivity contribution is 0.124. The zero-order valence-electron chi connectivity index (χ0n) is 10.5. The summed E-state index contributed by atoms with van der Waals surface area (Å²) in [6, 6.07) is 11.4. The normalized spacial score (nSPS) is 21.6. The number of rotatable bonds is 5. The first kappa shape index (κ1) is 12.6. The summed E-state index contributed by atoms with van der Waals surface area (Å²) >= 11 is 0. The van der Waals surface area contributed by atoms with Crippen LogP contribution in [0.1, 0.15) is 37.7 Å². The second kappa shape index (κ2) is 6.77. The molecule has 0 aromatic heterocycles. The van der Waals surface area contributed by atoms with Gasteiger partial charge in [0.2, 0.25) is 0 Å². The molecule has 0 spiro atoms. The van der Waals surface area contributed by atoms with Gasteiger partial charge in [0.15, 0.2) is 0 Å². The van der Waals surface area contributed by atoms with Crippen molar-refractivity contribution in [1.82, 2.24) is 4.90 Å². The van der Waals surface area contributed by atoms with Gasteiger partial charge in [-0.05, 0) is 37.8 Å². The van der Waals surface area contributed by atoms with Crippen molar-refractivity contribution < 1.29 is 5.11 Å². The molecule has 1 saturated heterocycles. The summed E-state index contributed by atoms with van der Waals surface area (Å²) in [6.45, 7) is 2.61. The van der Waals surface area contributed by atoms with Crippen molar-refractivity contribution in [1.29, 1.82) is 0 Å². The molecule has 0 saturated carbocycles. The third-order valence-electron chi connectivity index (χ3n) is 3.67. The fraction of sp³-hybridized carbons (Fsp3) is 0.600. The molecule has 1 N–H and O–H groups in total. The molecule has 1 atom stereocenters. The van der Waals surface area contributed by atoms with E-state index in [4.69, 9.17) is 5.11 Å². The van der Waals surface area contributed by atoms with E-state index in [0.717, 1.165) is 19.4 Å². The lowest BCUT2D eigenvalue weighted by atomic mass is 9.97. The van der Waals surface area contributed by atoms with Crippen LogP contribution in [0, 0.1) is 0 Å². The summed E-state index contributed by atoms with van der Waals surface area (Å²) in [5, 5.41) is 8.95. The molecule has 1 unspecified atom stereocenters. The van der Waals surface area contributed by atoms with Gasteiger partial charge in [-0.3, -0.25) is 4.90 Å². The van der Waals surface area contributed by atoms with Crippen molar-refractivity contribution in [2.24, 2.45) is 0 Å². The summed E-state index contributed by atoms with van der Waals surface area (Å²) < 4.78 is 0. The van der Waals surface area contributed by atoms with Crippen LogP contribution in [0.15, 0.2) is 30.3 Å². The number of aliphatic hydroxyl groups is 1. The third-order valence-corrected chi connectivity index (χ3v) is 3.67. The zero-order valence-corrected chi connectivity index (χ0v) is 10.5. The van der Waals surface area contributed by atoms with Crippen LogP contribution >= 0.6 is 0 Å². The average Bonchev–Trinajstić information content (AvgIpc) is 2.39. The van der Waals surface area contributed by atoms with Crippen LogP contribution in [0.3, 0.4) is 0 Å². The van der Waals surface area contributed by atoms with Gasteiger partial charge in [0.25, 0.3) is 0 Å². The molecule has 0 radical (unpaired) electrons. The van der Waals surface area contributed by atoms with Crippen LogP contribution < -0.4 is 0 Å². The van der Waals surface area contributed by atoms with Gasteiger partial charge in [-0.25, -0.2) is 0 Å². The first-order valence-corrected chi connectivity index (χ1v) is 6.79. The van der Waals surface area contributed by atoms with Gasteiger partial charge in [-0.15, -0.1) is 0 Å². The summed E-state index contributed by atoms with van der Waals surface area (Å²) in [7, 11) is 0. The first-order valence-electron chi connectivity index (χ1n) is 6.79. The van der Waals surface area contributed by atoms with Crippen LogP contribution in [-0.2, 0) is 6.54 Å². The first-order chi connectivity index (χ1) is 8.40. The summed E-state index contributed by atoms with van der Waals surface area (Å²) in [5.74, 6) is 0. The topological polar surface area (TPSA) is 23.5 Å². The highest BCUT2D eigenvalue weighted by atomic mass is 16.2. The standard InChI is InChI=1S/C15H23NO/c17-12-6-10-15-9-4-5-11-16(15)13-14-7-2-1-3-8-14/h1-3,7-8,15,17H,4-6,9-13H2. The molecular formula is C15H23NO. The molecule has 1 aliphatic rings. The van der Waals surface area contributed by atoms with E-state index in [1.165, 1.54) is 31.4 Å². The van der Waals surface area contributed by atoms with Gasteiger partial charge in [-0.2, -0.15) is 0 Å². The number of benzene rings is 1. The summed E-state index contributed by atoms with van der Waals surface area (Å²) in [4.78, 5) is 2.59. The van der Waals surface area contributed by atoms with E-state index in [0.29, 0.717) is 12.6 Å². The maximum absolute atomic E-state index is 8.95. The van der Waals surface area contributed by atoms with Gasteiger partial charge < -0.3 is 5.11 Å². The van der Waals surface area contributed by atoms with Gasteiger partial charge >= 0.3 is 0 Å². The minimum absolute atomic E-state index is 0.329. The molecular weight excluding hydrogens is 210 g/mol. The maximum atomic E-state index is 8.95. The molecule has 1 heterocycles. The molecule has 2 nitrogen and oxygen atoms in total. The SMILES string of the molecule is OCCCC1CCCCN1Cc1ccccc1. The molecule has 2 rings (SSSR count). The molecule has 0 aliphatic carbocycles. The molecule has 1 aromatic carbocycles. The van der Waals surface area contributed by atoms with E-state index in [2.05, 4.69) is 35.2 Å². The van der Waals surface area contributed by atoms with Crippen LogP contribution in [-0.4, -0.2) is 29.2 Å². The Labute approximate surface area is 104 Å². The van der Waals surface area contributed by atoms with Crippen LogP contribution in [0.4, 0.5) is 0 Å². The van der Waals surface area contributed by atoms with E-state index < -0.39 is 0 Å². The fourth-order valence-electron chi connectivity index (χ4n) is 2.74. The maximum Gasteiger partial charge on any atom is 0.0431 e. The Morgan fingerprint density at radius 2 is 2.00 bits per heavy atom. The number of likely N-dealkylation sites (tertiary alicyclic amines) is 1. The second-order valence-corrected chi connectivity index (χ2v) is 4.97. The number of aliphatic hydroxyl groups excluding tert-OH is 1. The molecule has 2 heteroatoms. The zero-order chi connectivity index (χ0) is 11.9. The van der Waals surface area contributed by atoms with Crippen LogP contribution in [0.5, 0.6) is 0 Å². The van der Waals surface area contributed by atoms with Gasteiger partial charge in [0.05, 0.1) is 0 Å². The van der Waals surface area contributed by atoms with E-state index >= 15 is 0 Å². The van der Waals surface area contributed by atoms with E-state index in [1.807, 2.05) is 0 Å². The van der Waals surface area contributed by atoms with Crippen molar-refractivity contribution >= 4 is 0 Å². The highest BCUT2D eigenvalue weighted by molar-refractivity contribution is 5.14. The number of nitrogens with zero attached hydrogens (tertiary/aromatic N) is 1. The van der Waals surface area contributed by atoms with Gasteiger partial charge in [-0.1, -0.05) is 36.8 Å². The Hall–Kier alpha value is -0.860. The average molecular weight is 233 g/mol. The minimum atomic E-state index is 0.329. The van der Waals surface area contributed by atoms with Gasteiger partial charge in [0, 0.05) is 19.2 Å². The highest BCUT2D eigenvalue weighted by Crippen LogP contribution is 2.22. The highest BCUT2D eigenvalue weighted by Gasteiger charge is 2.21.